The highest BCUT2D eigenvalue weighted by atomic mass is 15.0. The van der Waals surface area contributed by atoms with Crippen molar-refractivity contribution in [1.29, 1.82) is 15.8 Å². The Kier molecular flexibility index (Phi) is 8.23. The minimum Gasteiger partial charge on any atom is -0.309 e. The second-order valence-corrected chi connectivity index (χ2v) is 14.3. The van der Waals surface area contributed by atoms with E-state index in [1.165, 1.54) is 0 Å². The first-order chi connectivity index (χ1) is 29.5. The largest absolute Gasteiger partial charge is 0.309 e. The van der Waals surface area contributed by atoms with Crippen molar-refractivity contribution in [2.45, 2.75) is 0 Å². The van der Waals surface area contributed by atoms with Gasteiger partial charge in [0.15, 0.2) is 11.4 Å². The van der Waals surface area contributed by atoms with Crippen molar-refractivity contribution in [2.75, 3.05) is 0 Å². The van der Waals surface area contributed by atoms with E-state index in [0.717, 1.165) is 77.2 Å². The van der Waals surface area contributed by atoms with Gasteiger partial charge in [0.2, 0.25) is 0 Å². The second-order valence-electron chi connectivity index (χ2n) is 14.3. The zero-order valence-corrected chi connectivity index (χ0v) is 31.6. The summed E-state index contributed by atoms with van der Waals surface area (Å²) in [7, 11) is 0. The molecule has 0 bridgehead atoms. The summed E-state index contributed by atoms with van der Waals surface area (Å²) in [5.41, 5.74) is 12.0. The molecule has 3 aromatic heterocycles. The highest BCUT2D eigenvalue weighted by Crippen LogP contribution is 2.43. The number of hydrogen-bond donors (Lipinski definition) is 0. The lowest BCUT2D eigenvalue weighted by molar-refractivity contribution is 1.12. The molecule has 0 aliphatic heterocycles. The van der Waals surface area contributed by atoms with Gasteiger partial charge in [0.25, 0.3) is 0 Å². The van der Waals surface area contributed by atoms with Crippen molar-refractivity contribution in [2.24, 2.45) is 0 Å². The van der Waals surface area contributed by atoms with E-state index >= 15 is 0 Å². The van der Waals surface area contributed by atoms with E-state index in [4.69, 9.17) is 18.1 Å². The Morgan fingerprint density at radius 2 is 1.10 bits per heavy atom. The van der Waals surface area contributed by atoms with Gasteiger partial charge < -0.3 is 9.13 Å². The maximum atomic E-state index is 10.8. The average molecular weight is 763 g/mol. The Bertz CT molecular complexity index is 3680. The lowest BCUT2D eigenvalue weighted by atomic mass is 9.98. The Morgan fingerprint density at radius 1 is 0.483 bits per heavy atom. The van der Waals surface area contributed by atoms with Crippen LogP contribution in [0.4, 0.5) is 11.4 Å². The number of para-hydroxylation sites is 2. The molecular formula is C52H26N8. The summed E-state index contributed by atoms with van der Waals surface area (Å²) in [5.74, 6) is 0. The van der Waals surface area contributed by atoms with E-state index in [-0.39, 0.29) is 0 Å². The minimum atomic E-state index is 0.413. The van der Waals surface area contributed by atoms with Crippen LogP contribution >= 0.6 is 0 Å². The predicted octanol–water partition coefficient (Wildman–Crippen LogP) is 13.0. The van der Waals surface area contributed by atoms with Crippen molar-refractivity contribution in [3.05, 3.63) is 197 Å². The average Bonchev–Trinajstić information content (AvgIpc) is 3.82. The van der Waals surface area contributed by atoms with E-state index in [9.17, 15) is 15.8 Å². The first-order valence-electron chi connectivity index (χ1n) is 18.9. The smallest absolute Gasteiger partial charge is 0.196 e. The maximum absolute atomic E-state index is 10.8. The van der Waals surface area contributed by atoms with E-state index in [1.807, 2.05) is 78.9 Å². The number of hydrogen-bond acceptors (Lipinski definition) is 4. The van der Waals surface area contributed by atoms with Gasteiger partial charge in [-0.05, 0) is 101 Å². The lowest BCUT2D eigenvalue weighted by Crippen LogP contribution is -2.04. The minimum absolute atomic E-state index is 0.413. The van der Waals surface area contributed by atoms with E-state index in [0.29, 0.717) is 39.3 Å². The van der Waals surface area contributed by atoms with Crippen LogP contribution in [0.25, 0.3) is 98.2 Å². The third kappa shape index (κ3) is 5.38. The van der Waals surface area contributed by atoms with Crippen LogP contribution in [-0.2, 0) is 0 Å². The van der Waals surface area contributed by atoms with E-state index in [1.54, 1.807) is 30.5 Å². The topological polar surface area (TPSA) is 103 Å². The fourth-order valence-corrected chi connectivity index (χ4v) is 8.52. The monoisotopic (exact) mass is 762 g/mol. The van der Waals surface area contributed by atoms with Crippen molar-refractivity contribution < 1.29 is 0 Å². The number of nitrogens with zero attached hydrogens (tertiary/aromatic N) is 8. The van der Waals surface area contributed by atoms with Crippen LogP contribution < -0.4 is 0 Å². The van der Waals surface area contributed by atoms with Crippen molar-refractivity contribution >= 4 is 55.0 Å². The molecule has 0 amide bonds. The number of aromatic nitrogens is 3. The first-order valence-corrected chi connectivity index (χ1v) is 18.9. The Balaban J connectivity index is 1.21. The molecule has 0 fully saturated rings. The van der Waals surface area contributed by atoms with Gasteiger partial charge in [-0.2, -0.15) is 15.8 Å². The molecule has 0 atom stereocenters. The molecule has 8 heteroatoms. The SMILES string of the molecule is [C-]#[N+]c1ccc(-c2ccc3c(c2)c2ccccc2n3-c2cccc(C#N)c2-c2ncccc2-n2c3ccccc3c3cc(-c4ccc(C#N)cc4[N+]#[C-])ccc32)c(C#N)c1. The molecule has 0 N–H and O–H groups in total. The van der Waals surface area contributed by atoms with Crippen LogP contribution in [0.5, 0.6) is 0 Å². The molecule has 0 radical (unpaired) electrons. The van der Waals surface area contributed by atoms with Crippen molar-refractivity contribution in [1.82, 2.24) is 14.1 Å². The molecule has 10 aromatic rings. The Morgan fingerprint density at radius 3 is 1.75 bits per heavy atom. The highest BCUT2D eigenvalue weighted by Gasteiger charge is 2.24. The predicted molar refractivity (Wildman–Crippen MR) is 236 cm³/mol. The van der Waals surface area contributed by atoms with Crippen molar-refractivity contribution in [3.8, 4) is 63.1 Å². The molecule has 274 valence electrons. The van der Waals surface area contributed by atoms with Gasteiger partial charge >= 0.3 is 0 Å². The summed E-state index contributed by atoms with van der Waals surface area (Å²) in [6, 6.07) is 55.6. The van der Waals surface area contributed by atoms with Gasteiger partial charge in [-0.3, -0.25) is 4.98 Å². The molecular weight excluding hydrogens is 737 g/mol. The van der Waals surface area contributed by atoms with Gasteiger partial charge in [0, 0.05) is 44.4 Å². The molecule has 0 saturated carbocycles. The number of fused-ring (bicyclic) bond motifs is 6. The van der Waals surface area contributed by atoms with Crippen LogP contribution in [0, 0.1) is 47.1 Å². The molecule has 10 rings (SSSR count). The van der Waals surface area contributed by atoms with Crippen LogP contribution in [0.1, 0.15) is 16.7 Å². The van der Waals surface area contributed by atoms with Gasteiger partial charge in [-0.25, -0.2) is 9.69 Å². The molecule has 3 heterocycles. The van der Waals surface area contributed by atoms with Gasteiger partial charge in [0.05, 0.1) is 76.1 Å². The van der Waals surface area contributed by atoms with E-state index in [2.05, 4.69) is 85.6 Å². The normalized spacial score (nSPS) is 10.9. The molecule has 0 aliphatic carbocycles. The molecule has 0 aliphatic rings. The zero-order chi connectivity index (χ0) is 40.9. The summed E-state index contributed by atoms with van der Waals surface area (Å²) in [6.07, 6.45) is 1.75. The molecule has 0 spiro atoms. The number of rotatable bonds is 5. The first kappa shape index (κ1) is 35.2. The third-order valence-electron chi connectivity index (χ3n) is 11.1. The third-order valence-corrected chi connectivity index (χ3v) is 11.1. The fraction of sp³-hybridized carbons (Fsp3) is 0. The van der Waals surface area contributed by atoms with Gasteiger partial charge in [-0.15, -0.1) is 0 Å². The van der Waals surface area contributed by atoms with Crippen LogP contribution in [0.2, 0.25) is 0 Å². The number of nitriles is 3. The number of pyridine rings is 1. The molecule has 8 nitrogen and oxygen atoms in total. The van der Waals surface area contributed by atoms with Crippen LogP contribution in [0.15, 0.2) is 158 Å². The summed E-state index contributed by atoms with van der Waals surface area (Å²) in [6.45, 7) is 15.3. The zero-order valence-electron chi connectivity index (χ0n) is 31.6. The summed E-state index contributed by atoms with van der Waals surface area (Å²) in [5, 5.41) is 34.2. The molecule has 0 saturated heterocycles. The Labute approximate surface area is 344 Å². The maximum Gasteiger partial charge on any atom is 0.196 e. The summed E-state index contributed by atoms with van der Waals surface area (Å²) < 4.78 is 4.37. The van der Waals surface area contributed by atoms with E-state index < -0.39 is 0 Å². The quantitative estimate of drug-likeness (QED) is 0.163. The molecule has 7 aromatic carbocycles. The summed E-state index contributed by atoms with van der Waals surface area (Å²) in [4.78, 5) is 12.3. The summed E-state index contributed by atoms with van der Waals surface area (Å²) >= 11 is 0. The molecule has 60 heavy (non-hydrogen) atoms. The molecule has 0 unspecified atom stereocenters. The fourth-order valence-electron chi connectivity index (χ4n) is 8.52. The highest BCUT2D eigenvalue weighted by molar-refractivity contribution is 6.13. The number of benzene rings is 7. The van der Waals surface area contributed by atoms with Crippen molar-refractivity contribution in [3.63, 3.8) is 0 Å². The standard InChI is InChI=1S/C52H26N8/c1-56-37-19-21-38(36(26-37)31-55)33-17-22-47-42(27-33)40-10-3-5-12-45(40)59(47)49-14-7-9-35(30-54)51(49)52-50(15-8-24-58-52)60-46-13-6-4-11-41(46)43-28-34(18-23-48(43)60)39-20-16-32(29-53)25-44(39)57-2/h3-28H. The van der Waals surface area contributed by atoms with Gasteiger partial charge in [0.1, 0.15) is 0 Å². The second kappa shape index (κ2) is 14.0. The lowest BCUT2D eigenvalue weighted by Gasteiger charge is -2.18. The van der Waals surface area contributed by atoms with Gasteiger partial charge in [-0.1, -0.05) is 72.8 Å². The van der Waals surface area contributed by atoms with Crippen LogP contribution in [0.3, 0.4) is 0 Å². The Hall–Kier alpha value is -9.26. The van der Waals surface area contributed by atoms with Crippen LogP contribution in [-0.4, -0.2) is 14.1 Å².